The molecule has 11 N–H and O–H groups in total. The molecule has 0 fully saturated rings. The van der Waals surface area contributed by atoms with Gasteiger partial charge in [0.25, 0.3) is 0 Å². The number of aliphatic hydroxyl groups is 4. The summed E-state index contributed by atoms with van der Waals surface area (Å²) < 4.78 is 45.6. The summed E-state index contributed by atoms with van der Waals surface area (Å²) in [6.45, 7) is 12.3. The number of methoxy groups -OCH3 is 1. The Labute approximate surface area is 558 Å². The van der Waals surface area contributed by atoms with Gasteiger partial charge in [-0.05, 0) is 126 Å². The molecule has 0 heterocycles. The summed E-state index contributed by atoms with van der Waals surface area (Å²) in [4.78, 5) is 153. The number of amides is 7. The van der Waals surface area contributed by atoms with Crippen molar-refractivity contribution in [1.82, 2.24) is 37.2 Å². The van der Waals surface area contributed by atoms with Crippen LogP contribution in [0.1, 0.15) is 171 Å². The minimum atomic E-state index is -1.34. The van der Waals surface area contributed by atoms with Gasteiger partial charge < -0.3 is 100 Å². The first-order valence-electron chi connectivity index (χ1n) is 31.4. The molecule has 0 aliphatic heterocycles. The van der Waals surface area contributed by atoms with Crippen LogP contribution in [0, 0.1) is 0 Å². The molecule has 0 aromatic carbocycles. The highest BCUT2D eigenvalue weighted by atomic mass is 33.1. The van der Waals surface area contributed by atoms with Gasteiger partial charge in [0.1, 0.15) is 71.0 Å². The van der Waals surface area contributed by atoms with Gasteiger partial charge in [-0.3, -0.25) is 28.8 Å². The lowest BCUT2D eigenvalue weighted by atomic mass is 10.0. The van der Waals surface area contributed by atoms with Crippen LogP contribution >= 0.6 is 21.6 Å². The second kappa shape index (κ2) is 49.0. The van der Waals surface area contributed by atoms with E-state index < -0.39 is 132 Å². The molecule has 0 saturated heterocycles. The summed E-state index contributed by atoms with van der Waals surface area (Å²) >= 11 is 0. The van der Waals surface area contributed by atoms with Crippen molar-refractivity contribution in [3.05, 3.63) is 0 Å². The highest BCUT2D eigenvalue weighted by Gasteiger charge is 2.30. The Morgan fingerprint density at radius 2 is 0.702 bits per heavy atom. The van der Waals surface area contributed by atoms with Crippen LogP contribution in [0.3, 0.4) is 0 Å². The van der Waals surface area contributed by atoms with E-state index >= 15 is 0 Å². The Morgan fingerprint density at radius 3 is 1.07 bits per heavy atom. The van der Waals surface area contributed by atoms with E-state index in [2.05, 4.69) is 37.2 Å². The van der Waals surface area contributed by atoms with E-state index in [9.17, 15) is 78.0 Å². The largest absolute Gasteiger partial charge is 0.467 e. The van der Waals surface area contributed by atoms with Gasteiger partial charge in [0.2, 0.25) is 11.8 Å². The van der Waals surface area contributed by atoms with Crippen LogP contribution in [0.4, 0.5) is 24.0 Å². The summed E-state index contributed by atoms with van der Waals surface area (Å²) in [5, 5.41) is 56.9. The standard InChI is InChI=1S/C60H105N7O25S2/c1-11-45(68)43(64-49(72)41(66-56(79)92-38-37-90-54(77)63-30-27-60(8,9)83)19-13-12-14-21-46(69)85-31-35-89-53(76)62-29-26-59(6,7)82)39-93-94-40-44(51(74)84-10)65-50(73)42(67-55(78)91-36-33-87-48(71)23-18-25-58(4,5)81)20-15-16-28-61-52(75)88-34-32-86-47(70)22-17-24-57(2,3)80/h41-44,80-83H,11-40H2,1-10H3,(H,61,75)(H,62,76)(H,63,77)(H,64,72)(H,65,73)(H,66,79)(H,67,78). The first-order chi connectivity index (χ1) is 44.0. The summed E-state index contributed by atoms with van der Waals surface area (Å²) in [5.74, 6) is -4.84. The molecule has 94 heavy (non-hydrogen) atoms. The number of rotatable bonds is 51. The van der Waals surface area contributed by atoms with E-state index in [1.165, 1.54) is 0 Å². The molecular formula is C60H105N7O25S2. The van der Waals surface area contributed by atoms with Gasteiger partial charge >= 0.3 is 54.3 Å². The number of esters is 4. The zero-order chi connectivity index (χ0) is 71.2. The third kappa shape index (κ3) is 51.8. The lowest BCUT2D eigenvalue weighted by Crippen LogP contribution is -2.53. The minimum absolute atomic E-state index is 0.00319. The van der Waals surface area contributed by atoms with Crippen molar-refractivity contribution in [1.29, 1.82) is 0 Å². The van der Waals surface area contributed by atoms with Crippen molar-refractivity contribution in [2.45, 2.75) is 218 Å². The van der Waals surface area contributed by atoms with Crippen LogP contribution in [0.5, 0.6) is 0 Å². The molecule has 0 saturated carbocycles. The highest BCUT2D eigenvalue weighted by molar-refractivity contribution is 8.76. The monoisotopic (exact) mass is 1390 g/mol. The van der Waals surface area contributed by atoms with Crippen molar-refractivity contribution in [2.75, 3.05) is 91.1 Å². The molecule has 7 amide bonds. The summed E-state index contributed by atoms with van der Waals surface area (Å²) in [6.07, 6.45) is -1.12. The van der Waals surface area contributed by atoms with Crippen LogP contribution in [0.15, 0.2) is 0 Å². The maximum Gasteiger partial charge on any atom is 0.407 e. The van der Waals surface area contributed by atoms with Crippen molar-refractivity contribution in [3.8, 4) is 0 Å². The van der Waals surface area contributed by atoms with Gasteiger partial charge in [0.15, 0.2) is 5.78 Å². The summed E-state index contributed by atoms with van der Waals surface area (Å²) in [7, 11) is 3.15. The van der Waals surface area contributed by atoms with Crippen LogP contribution in [0.25, 0.3) is 0 Å². The van der Waals surface area contributed by atoms with Crippen LogP contribution < -0.4 is 37.2 Å². The third-order valence-corrected chi connectivity index (χ3v) is 15.2. The number of carbonyl (C=O) groups excluding carboxylic acids is 12. The molecule has 32 nitrogen and oxygen atoms in total. The van der Waals surface area contributed by atoms with Crippen LogP contribution in [0.2, 0.25) is 0 Å². The van der Waals surface area contributed by atoms with E-state index in [1.54, 1.807) is 62.3 Å². The molecule has 34 heteroatoms. The average Bonchev–Trinajstić information content (AvgIpc) is 0.973. The van der Waals surface area contributed by atoms with E-state index in [0.717, 1.165) is 28.7 Å². The Hall–Kier alpha value is -6.62. The van der Waals surface area contributed by atoms with Gasteiger partial charge in [-0.1, -0.05) is 41.4 Å². The molecule has 0 radical (unpaired) electrons. The maximum atomic E-state index is 13.9. The number of alkyl carbamates (subject to hydrolysis) is 5. The molecule has 0 aliphatic carbocycles. The molecule has 0 aliphatic rings. The van der Waals surface area contributed by atoms with Gasteiger partial charge in [-0.2, -0.15) is 0 Å². The van der Waals surface area contributed by atoms with Crippen molar-refractivity contribution >= 4 is 93.5 Å². The second-order valence-corrected chi connectivity index (χ2v) is 26.7. The Kier molecular flexibility index (Phi) is 45.5. The molecule has 0 bridgehead atoms. The Morgan fingerprint density at radius 1 is 0.372 bits per heavy atom. The SMILES string of the molecule is CCC(=O)C(CSSCC(NC(=O)C(CCCCNC(=O)OCCOC(=O)CCCC(C)(C)O)NC(=O)OCCOC(=O)CCCC(C)(C)O)C(=O)OC)NC(=O)C(CCCCCC(=O)OCCOC(=O)NCCC(C)(C)O)NC(=O)OCCOC(=O)NCCC(C)(C)O. The zero-order valence-electron chi connectivity index (χ0n) is 56.2. The number of hydrogen-bond acceptors (Lipinski definition) is 27. The minimum Gasteiger partial charge on any atom is -0.467 e. The Bertz CT molecular complexity index is 2150. The van der Waals surface area contributed by atoms with Gasteiger partial charge in [0.05, 0.1) is 35.6 Å². The second-order valence-electron chi connectivity index (χ2n) is 24.1. The Balaban J connectivity index is 5.92. The fraction of sp³-hybridized carbons (Fsp3) is 0.800. The number of carbonyl (C=O) groups is 12. The summed E-state index contributed by atoms with van der Waals surface area (Å²) in [6, 6.07) is -5.11. The van der Waals surface area contributed by atoms with Crippen molar-refractivity contribution in [2.24, 2.45) is 0 Å². The number of ether oxygens (including phenoxy) is 9. The normalized spacial score (nSPS) is 12.8. The van der Waals surface area contributed by atoms with Gasteiger partial charge in [-0.25, -0.2) is 28.8 Å². The highest BCUT2D eigenvalue weighted by Crippen LogP contribution is 2.24. The number of hydrogen-bond donors (Lipinski definition) is 11. The van der Waals surface area contributed by atoms with Crippen molar-refractivity contribution in [3.63, 3.8) is 0 Å². The summed E-state index contributed by atoms with van der Waals surface area (Å²) in [5.41, 5.74) is -3.92. The predicted octanol–water partition coefficient (Wildman–Crippen LogP) is 3.81. The fourth-order valence-corrected chi connectivity index (χ4v) is 10.0. The number of Topliss-reactive ketones (excluding diaryl/α,β-unsaturated/α-hetero) is 1. The van der Waals surface area contributed by atoms with E-state index in [4.69, 9.17) is 42.6 Å². The molecule has 0 aromatic heterocycles. The van der Waals surface area contributed by atoms with Crippen LogP contribution in [-0.2, 0) is 76.2 Å². The average molecular weight is 1390 g/mol. The van der Waals surface area contributed by atoms with Gasteiger partial charge in [0, 0.05) is 56.8 Å². The van der Waals surface area contributed by atoms with Crippen molar-refractivity contribution < 1.29 is 121 Å². The first-order valence-corrected chi connectivity index (χ1v) is 33.9. The van der Waals surface area contributed by atoms with E-state index in [0.29, 0.717) is 44.9 Å². The van der Waals surface area contributed by atoms with E-state index in [1.807, 2.05) is 0 Å². The van der Waals surface area contributed by atoms with Gasteiger partial charge in [-0.15, -0.1) is 0 Å². The van der Waals surface area contributed by atoms with E-state index in [-0.39, 0.29) is 135 Å². The number of ketones is 1. The third-order valence-electron chi connectivity index (χ3n) is 12.8. The number of unbranched alkanes of at least 4 members (excludes halogenated alkanes) is 3. The molecule has 0 rings (SSSR count). The molecule has 4 atom stereocenters. The lowest BCUT2D eigenvalue weighted by Gasteiger charge is -2.23. The first kappa shape index (κ1) is 87.4. The molecule has 542 valence electrons. The predicted molar refractivity (Wildman–Crippen MR) is 343 cm³/mol. The smallest absolute Gasteiger partial charge is 0.407 e. The molecule has 0 spiro atoms. The molecular weight excluding hydrogens is 1280 g/mol. The molecule has 0 aromatic rings. The zero-order valence-corrected chi connectivity index (χ0v) is 57.8. The number of nitrogens with one attached hydrogen (secondary N) is 7. The molecule has 4 unspecified atom stereocenters. The quantitative estimate of drug-likeness (QED) is 0.0178. The topological polar surface area (TPSA) is 453 Å². The fourth-order valence-electron chi connectivity index (χ4n) is 7.69. The van der Waals surface area contributed by atoms with Crippen LogP contribution in [-0.4, -0.2) is 230 Å². The lowest BCUT2D eigenvalue weighted by molar-refractivity contribution is -0.145. The maximum absolute atomic E-state index is 13.9.